The van der Waals surface area contributed by atoms with E-state index in [-0.39, 0.29) is 12.5 Å². The number of aromatic nitrogens is 1. The van der Waals surface area contributed by atoms with Gasteiger partial charge in [-0.05, 0) is 12.1 Å². The van der Waals surface area contributed by atoms with Crippen molar-refractivity contribution in [1.29, 1.82) is 0 Å². The van der Waals surface area contributed by atoms with Crippen LogP contribution in [0.1, 0.15) is 0 Å². The summed E-state index contributed by atoms with van der Waals surface area (Å²) in [7, 11) is 0. The number of alkyl halides is 3. The van der Waals surface area contributed by atoms with Crippen LogP contribution in [0.3, 0.4) is 0 Å². The van der Waals surface area contributed by atoms with E-state index in [1.165, 1.54) is 0 Å². The number of nitrogens with two attached hydrogens (primary N) is 1. The van der Waals surface area contributed by atoms with Crippen LogP contribution >= 0.6 is 0 Å². The first-order chi connectivity index (χ1) is 7.97. The van der Waals surface area contributed by atoms with Gasteiger partial charge >= 0.3 is 6.36 Å². The molecule has 0 atom stereocenters. The topological polar surface area (TPSA) is 72.5 Å². The molecule has 0 unspecified atom stereocenters. The minimum Gasteiger partial charge on any atom is -0.370 e. The van der Waals surface area contributed by atoms with E-state index < -0.39 is 13.0 Å². The van der Waals surface area contributed by atoms with Crippen molar-refractivity contribution in [2.24, 2.45) is 10.7 Å². The normalized spacial score (nSPS) is 12.5. The van der Waals surface area contributed by atoms with Gasteiger partial charge in [0.05, 0.1) is 13.2 Å². The lowest BCUT2D eigenvalue weighted by Crippen LogP contribution is -2.24. The second-order valence-electron chi connectivity index (χ2n) is 2.90. The molecule has 0 aliphatic heterocycles. The zero-order chi connectivity index (χ0) is 12.7. The third kappa shape index (κ3) is 6.36. The Bertz CT molecular complexity index is 366. The lowest BCUT2D eigenvalue weighted by Gasteiger charge is -2.06. The van der Waals surface area contributed by atoms with Crippen LogP contribution in [0.25, 0.3) is 0 Å². The van der Waals surface area contributed by atoms with Gasteiger partial charge < -0.3 is 11.1 Å². The molecule has 0 saturated heterocycles. The zero-order valence-corrected chi connectivity index (χ0v) is 8.74. The predicted molar refractivity (Wildman–Crippen MR) is 56.4 cm³/mol. The second kappa shape index (κ2) is 6.04. The maximum Gasteiger partial charge on any atom is 0.522 e. The van der Waals surface area contributed by atoms with Crippen LogP contribution in [0.2, 0.25) is 0 Å². The third-order valence-corrected chi connectivity index (χ3v) is 1.56. The Balaban J connectivity index is 2.31. The number of rotatable bonds is 4. The van der Waals surface area contributed by atoms with Crippen LogP contribution in [-0.2, 0) is 4.74 Å². The molecule has 1 heterocycles. The van der Waals surface area contributed by atoms with Crippen LogP contribution in [0.4, 0.5) is 19.0 Å². The standard InChI is InChI=1S/C9H11F3N4O/c10-9(11,12)17-6-5-15-8(13)16-7-3-1-2-4-14-7/h1-4H,5-6H2,(H3,13,14,15,16). The number of anilines is 1. The molecule has 17 heavy (non-hydrogen) atoms. The molecule has 5 nitrogen and oxygen atoms in total. The first kappa shape index (κ1) is 13.2. The van der Waals surface area contributed by atoms with Gasteiger partial charge in [-0.2, -0.15) is 0 Å². The minimum absolute atomic E-state index is 0.0190. The van der Waals surface area contributed by atoms with Gasteiger partial charge in [-0.15, -0.1) is 13.2 Å². The number of aliphatic imine (C=N–C) groups is 1. The first-order valence-electron chi connectivity index (χ1n) is 4.66. The summed E-state index contributed by atoms with van der Waals surface area (Å²) in [5.74, 6) is 0.444. The summed E-state index contributed by atoms with van der Waals surface area (Å²) in [4.78, 5) is 7.54. The van der Waals surface area contributed by atoms with Gasteiger partial charge in [0.25, 0.3) is 0 Å². The Morgan fingerprint density at radius 3 is 2.82 bits per heavy atom. The Labute approximate surface area is 95.5 Å². The number of nitrogens with one attached hydrogen (secondary N) is 1. The highest BCUT2D eigenvalue weighted by Crippen LogP contribution is 2.15. The Kier molecular flexibility index (Phi) is 4.70. The van der Waals surface area contributed by atoms with Gasteiger partial charge in [-0.3, -0.25) is 9.73 Å². The molecule has 1 aromatic rings. The van der Waals surface area contributed by atoms with Gasteiger partial charge in [0.15, 0.2) is 5.96 Å². The van der Waals surface area contributed by atoms with E-state index in [1.54, 1.807) is 24.4 Å². The molecule has 0 saturated carbocycles. The molecular formula is C9H11F3N4O. The maximum atomic E-state index is 11.6. The summed E-state index contributed by atoms with van der Waals surface area (Å²) in [6.45, 7) is -0.765. The van der Waals surface area contributed by atoms with E-state index in [1.807, 2.05) is 0 Å². The molecule has 0 aliphatic carbocycles. The van der Waals surface area contributed by atoms with Crippen molar-refractivity contribution < 1.29 is 17.9 Å². The van der Waals surface area contributed by atoms with Crippen molar-refractivity contribution >= 4 is 11.8 Å². The summed E-state index contributed by atoms with van der Waals surface area (Å²) in [6, 6.07) is 5.10. The summed E-state index contributed by atoms with van der Waals surface area (Å²) in [6.07, 6.45) is -3.10. The number of pyridine rings is 1. The number of ether oxygens (including phenoxy) is 1. The number of guanidine groups is 1. The van der Waals surface area contributed by atoms with Crippen LogP contribution in [0.15, 0.2) is 29.4 Å². The molecule has 0 bridgehead atoms. The molecule has 1 aromatic heterocycles. The van der Waals surface area contributed by atoms with Gasteiger partial charge in [-0.1, -0.05) is 6.07 Å². The van der Waals surface area contributed by atoms with Crippen molar-refractivity contribution in [1.82, 2.24) is 4.98 Å². The van der Waals surface area contributed by atoms with Crippen molar-refractivity contribution in [3.8, 4) is 0 Å². The van der Waals surface area contributed by atoms with Gasteiger partial charge in [0.2, 0.25) is 0 Å². The molecule has 94 valence electrons. The smallest absolute Gasteiger partial charge is 0.370 e. The number of hydrogen-bond donors (Lipinski definition) is 2. The molecule has 0 aliphatic rings. The highest BCUT2D eigenvalue weighted by atomic mass is 19.4. The van der Waals surface area contributed by atoms with E-state index in [0.717, 1.165) is 0 Å². The first-order valence-corrected chi connectivity index (χ1v) is 4.66. The molecule has 3 N–H and O–H groups in total. The minimum atomic E-state index is -4.64. The van der Waals surface area contributed by atoms with E-state index in [0.29, 0.717) is 5.82 Å². The van der Waals surface area contributed by atoms with Gasteiger partial charge in [-0.25, -0.2) is 4.98 Å². The lowest BCUT2D eigenvalue weighted by atomic mass is 10.5. The van der Waals surface area contributed by atoms with Crippen molar-refractivity contribution in [3.63, 3.8) is 0 Å². The number of hydrogen-bond acceptors (Lipinski definition) is 3. The molecular weight excluding hydrogens is 237 g/mol. The molecule has 0 aromatic carbocycles. The molecule has 8 heteroatoms. The third-order valence-electron chi connectivity index (χ3n) is 1.56. The second-order valence-corrected chi connectivity index (χ2v) is 2.90. The van der Waals surface area contributed by atoms with Crippen LogP contribution in [-0.4, -0.2) is 30.5 Å². The Hall–Kier alpha value is -1.83. The largest absolute Gasteiger partial charge is 0.522 e. The van der Waals surface area contributed by atoms with Gasteiger partial charge in [0.1, 0.15) is 5.82 Å². The summed E-state index contributed by atoms with van der Waals surface area (Å²) < 4.78 is 38.3. The quantitative estimate of drug-likeness (QED) is 0.479. The molecule has 0 fully saturated rings. The maximum absolute atomic E-state index is 11.6. The lowest BCUT2D eigenvalue weighted by molar-refractivity contribution is -0.323. The Morgan fingerprint density at radius 1 is 1.47 bits per heavy atom. The van der Waals surface area contributed by atoms with Crippen molar-refractivity contribution in [2.75, 3.05) is 18.5 Å². The molecule has 1 rings (SSSR count). The zero-order valence-electron chi connectivity index (χ0n) is 8.74. The Morgan fingerprint density at radius 2 is 2.24 bits per heavy atom. The fraction of sp³-hybridized carbons (Fsp3) is 0.333. The van der Waals surface area contributed by atoms with Crippen molar-refractivity contribution in [2.45, 2.75) is 6.36 Å². The van der Waals surface area contributed by atoms with E-state index in [2.05, 4.69) is 20.0 Å². The highest BCUT2D eigenvalue weighted by Gasteiger charge is 2.28. The van der Waals surface area contributed by atoms with Crippen molar-refractivity contribution in [3.05, 3.63) is 24.4 Å². The molecule has 0 amide bonds. The predicted octanol–water partition coefficient (Wildman–Crippen LogP) is 1.34. The summed E-state index contributed by atoms with van der Waals surface area (Å²) in [5.41, 5.74) is 5.42. The van der Waals surface area contributed by atoms with E-state index in [4.69, 9.17) is 5.73 Å². The van der Waals surface area contributed by atoms with E-state index >= 15 is 0 Å². The summed E-state index contributed by atoms with van der Waals surface area (Å²) in [5, 5.41) is 2.62. The van der Waals surface area contributed by atoms with Crippen LogP contribution < -0.4 is 11.1 Å². The van der Waals surface area contributed by atoms with E-state index in [9.17, 15) is 13.2 Å². The molecule has 0 spiro atoms. The summed E-state index contributed by atoms with van der Waals surface area (Å²) >= 11 is 0. The van der Waals surface area contributed by atoms with Crippen LogP contribution in [0.5, 0.6) is 0 Å². The molecule has 0 radical (unpaired) electrons. The van der Waals surface area contributed by atoms with Crippen LogP contribution in [0, 0.1) is 0 Å². The monoisotopic (exact) mass is 248 g/mol. The fourth-order valence-corrected chi connectivity index (χ4v) is 0.935. The average molecular weight is 248 g/mol. The number of halogens is 3. The SMILES string of the molecule is NC(=NCCOC(F)(F)F)Nc1ccccn1. The van der Waals surface area contributed by atoms with Gasteiger partial charge in [0, 0.05) is 6.20 Å². The fourth-order valence-electron chi connectivity index (χ4n) is 0.935. The highest BCUT2D eigenvalue weighted by molar-refractivity contribution is 5.91. The number of nitrogens with zero attached hydrogens (tertiary/aromatic N) is 2. The average Bonchev–Trinajstić information content (AvgIpc) is 2.25.